The molecular weight excluding hydrogens is 366 g/mol. The van der Waals surface area contributed by atoms with Gasteiger partial charge in [-0.25, -0.2) is 9.67 Å². The highest BCUT2D eigenvalue weighted by atomic mass is 32.1. The molecule has 4 aromatic heterocycles. The lowest BCUT2D eigenvalue weighted by Crippen LogP contribution is -2.29. The number of carbonyl (C=O) groups is 1. The first-order valence-electron chi connectivity index (χ1n) is 7.98. The van der Waals surface area contributed by atoms with E-state index in [2.05, 4.69) is 20.4 Å². The van der Waals surface area contributed by atoms with E-state index in [4.69, 9.17) is 4.42 Å². The highest BCUT2D eigenvalue weighted by molar-refractivity contribution is 7.14. The summed E-state index contributed by atoms with van der Waals surface area (Å²) in [5.74, 6) is 0.118. The van der Waals surface area contributed by atoms with Crippen molar-refractivity contribution in [2.75, 3.05) is 5.32 Å². The lowest BCUT2D eigenvalue weighted by molar-refractivity contribution is -0.117. The smallest absolute Gasteiger partial charge is 0.267 e. The number of anilines is 1. The van der Waals surface area contributed by atoms with E-state index in [9.17, 15) is 9.59 Å². The number of aromatic nitrogens is 4. The fraction of sp³-hybridized carbons (Fsp3) is 0.0556. The number of hydrogen-bond donors (Lipinski definition) is 1. The maximum absolute atomic E-state index is 12.3. The van der Waals surface area contributed by atoms with E-state index < -0.39 is 5.91 Å². The molecule has 0 aliphatic carbocycles. The number of furan rings is 1. The van der Waals surface area contributed by atoms with Crippen molar-refractivity contribution in [2.24, 2.45) is 0 Å². The van der Waals surface area contributed by atoms with Crippen LogP contribution >= 0.6 is 11.3 Å². The Kier molecular flexibility index (Phi) is 4.58. The zero-order valence-corrected chi connectivity index (χ0v) is 14.7. The minimum absolute atomic E-state index is 0.230. The monoisotopic (exact) mass is 379 g/mol. The molecule has 0 radical (unpaired) electrons. The van der Waals surface area contributed by atoms with Crippen molar-refractivity contribution < 1.29 is 9.21 Å². The fourth-order valence-electron chi connectivity index (χ4n) is 2.38. The Balaban J connectivity index is 1.48. The van der Waals surface area contributed by atoms with Gasteiger partial charge in [-0.05, 0) is 30.3 Å². The van der Waals surface area contributed by atoms with Gasteiger partial charge in [-0.1, -0.05) is 6.07 Å². The van der Waals surface area contributed by atoms with Crippen molar-refractivity contribution in [3.63, 3.8) is 0 Å². The molecule has 1 amide bonds. The number of hydrogen-bond acceptors (Lipinski definition) is 7. The van der Waals surface area contributed by atoms with Crippen molar-refractivity contribution in [1.82, 2.24) is 19.7 Å². The summed E-state index contributed by atoms with van der Waals surface area (Å²) in [6.07, 6.45) is 3.19. The lowest BCUT2D eigenvalue weighted by atomic mass is 10.3. The van der Waals surface area contributed by atoms with Crippen LogP contribution in [0.2, 0.25) is 0 Å². The van der Waals surface area contributed by atoms with Gasteiger partial charge in [-0.2, -0.15) is 5.10 Å². The summed E-state index contributed by atoms with van der Waals surface area (Å²) < 4.78 is 6.35. The second kappa shape index (κ2) is 7.34. The zero-order chi connectivity index (χ0) is 18.6. The van der Waals surface area contributed by atoms with Crippen LogP contribution in [0.25, 0.3) is 22.8 Å². The molecule has 4 rings (SSSR count). The number of pyridine rings is 1. The van der Waals surface area contributed by atoms with E-state index in [0.29, 0.717) is 22.3 Å². The fourth-order valence-corrected chi connectivity index (χ4v) is 3.10. The SMILES string of the molecule is O=C(Cn1nc(-c2ccco2)ccc1=O)Nc1nc(-c2ccccn2)cs1. The van der Waals surface area contributed by atoms with Crippen molar-refractivity contribution in [3.05, 3.63) is 70.7 Å². The predicted molar refractivity (Wildman–Crippen MR) is 100 cm³/mol. The van der Waals surface area contributed by atoms with Gasteiger partial charge in [0.25, 0.3) is 5.56 Å². The van der Waals surface area contributed by atoms with Crippen LogP contribution in [0.3, 0.4) is 0 Å². The minimum Gasteiger partial charge on any atom is -0.463 e. The molecule has 0 saturated heterocycles. The summed E-state index contributed by atoms with van der Waals surface area (Å²) in [5.41, 5.74) is 1.48. The summed E-state index contributed by atoms with van der Waals surface area (Å²) in [4.78, 5) is 32.8. The number of thiazole rings is 1. The summed E-state index contributed by atoms with van der Waals surface area (Å²) in [5, 5.41) is 9.08. The molecule has 8 nitrogen and oxygen atoms in total. The van der Waals surface area contributed by atoms with E-state index in [1.54, 1.807) is 29.8 Å². The van der Waals surface area contributed by atoms with Crippen LogP contribution in [-0.2, 0) is 11.3 Å². The number of rotatable bonds is 5. The molecule has 0 bridgehead atoms. The van der Waals surface area contributed by atoms with Gasteiger partial charge < -0.3 is 9.73 Å². The van der Waals surface area contributed by atoms with Gasteiger partial charge >= 0.3 is 0 Å². The molecule has 0 atom stereocenters. The van der Waals surface area contributed by atoms with Gasteiger partial charge in [0.05, 0.1) is 12.0 Å². The van der Waals surface area contributed by atoms with Gasteiger partial charge in [0.2, 0.25) is 5.91 Å². The standard InChI is InChI=1S/C18H13N5O3S/c24-16(21-18-20-14(11-27-18)12-4-1-2-8-19-12)10-23-17(25)7-6-13(22-23)15-5-3-9-26-15/h1-9,11H,10H2,(H,20,21,24). The van der Waals surface area contributed by atoms with Crippen LogP contribution in [0.4, 0.5) is 5.13 Å². The Labute approximate surface area is 157 Å². The van der Waals surface area contributed by atoms with E-state index >= 15 is 0 Å². The van der Waals surface area contributed by atoms with Gasteiger partial charge in [-0.3, -0.25) is 14.6 Å². The van der Waals surface area contributed by atoms with Gasteiger partial charge in [0.1, 0.15) is 17.9 Å². The van der Waals surface area contributed by atoms with Crippen LogP contribution in [0, 0.1) is 0 Å². The van der Waals surface area contributed by atoms with Gasteiger partial charge in [0.15, 0.2) is 10.9 Å². The first kappa shape index (κ1) is 16.9. The van der Waals surface area contributed by atoms with Crippen LogP contribution in [-0.4, -0.2) is 25.7 Å². The first-order valence-corrected chi connectivity index (χ1v) is 8.86. The Bertz CT molecular complexity index is 1120. The highest BCUT2D eigenvalue weighted by Gasteiger charge is 2.12. The molecule has 134 valence electrons. The average molecular weight is 379 g/mol. The minimum atomic E-state index is -0.400. The number of amides is 1. The Morgan fingerprint density at radius 1 is 1.11 bits per heavy atom. The summed E-state index contributed by atoms with van der Waals surface area (Å²) >= 11 is 1.28. The summed E-state index contributed by atoms with van der Waals surface area (Å²) in [6.45, 7) is -0.230. The molecule has 0 aliphatic rings. The number of nitrogens with one attached hydrogen (secondary N) is 1. The van der Waals surface area contributed by atoms with Crippen LogP contribution in [0.1, 0.15) is 0 Å². The third-order valence-corrected chi connectivity index (χ3v) is 4.37. The van der Waals surface area contributed by atoms with Crippen molar-refractivity contribution in [1.29, 1.82) is 0 Å². The van der Waals surface area contributed by atoms with E-state index in [0.717, 1.165) is 10.4 Å². The second-order valence-corrected chi connectivity index (χ2v) is 6.35. The maximum atomic E-state index is 12.3. The molecule has 4 heterocycles. The van der Waals surface area contributed by atoms with Crippen LogP contribution < -0.4 is 10.9 Å². The predicted octanol–water partition coefficient (Wildman–Crippen LogP) is 2.66. The van der Waals surface area contributed by atoms with E-state index in [1.807, 2.05) is 18.2 Å². The summed E-state index contributed by atoms with van der Waals surface area (Å²) in [6, 6.07) is 11.9. The topological polar surface area (TPSA) is 103 Å². The van der Waals surface area contributed by atoms with Crippen LogP contribution in [0.5, 0.6) is 0 Å². The largest absolute Gasteiger partial charge is 0.463 e. The van der Waals surface area contributed by atoms with Crippen molar-refractivity contribution in [3.8, 4) is 22.8 Å². The molecular formula is C18H13N5O3S. The quantitative estimate of drug-likeness (QED) is 0.572. The third kappa shape index (κ3) is 3.82. The molecule has 0 spiro atoms. The molecule has 4 aromatic rings. The molecule has 0 aliphatic heterocycles. The zero-order valence-electron chi connectivity index (χ0n) is 13.9. The molecule has 0 fully saturated rings. The van der Waals surface area contributed by atoms with Gasteiger partial charge in [0, 0.05) is 17.6 Å². The van der Waals surface area contributed by atoms with E-state index in [1.165, 1.54) is 23.7 Å². The first-order chi connectivity index (χ1) is 13.2. The molecule has 0 unspecified atom stereocenters. The Hall–Kier alpha value is -3.59. The number of carbonyl (C=O) groups excluding carboxylic acids is 1. The summed E-state index contributed by atoms with van der Waals surface area (Å²) in [7, 11) is 0. The number of nitrogens with zero attached hydrogens (tertiary/aromatic N) is 4. The molecule has 27 heavy (non-hydrogen) atoms. The molecule has 0 aromatic carbocycles. The second-order valence-electron chi connectivity index (χ2n) is 5.49. The molecule has 1 N–H and O–H groups in total. The third-order valence-electron chi connectivity index (χ3n) is 3.61. The maximum Gasteiger partial charge on any atom is 0.267 e. The Morgan fingerprint density at radius 3 is 2.81 bits per heavy atom. The lowest BCUT2D eigenvalue weighted by Gasteiger charge is -2.05. The normalized spacial score (nSPS) is 10.7. The van der Waals surface area contributed by atoms with Crippen LogP contribution in [0.15, 0.2) is 69.5 Å². The van der Waals surface area contributed by atoms with Crippen molar-refractivity contribution in [2.45, 2.75) is 6.54 Å². The van der Waals surface area contributed by atoms with Gasteiger partial charge in [-0.15, -0.1) is 11.3 Å². The highest BCUT2D eigenvalue weighted by Crippen LogP contribution is 2.23. The van der Waals surface area contributed by atoms with Crippen molar-refractivity contribution >= 4 is 22.4 Å². The molecule has 9 heteroatoms. The van der Waals surface area contributed by atoms with E-state index in [-0.39, 0.29) is 12.1 Å². The Morgan fingerprint density at radius 2 is 2.04 bits per heavy atom. The molecule has 0 saturated carbocycles. The average Bonchev–Trinajstić information content (AvgIpc) is 3.36.